The summed E-state index contributed by atoms with van der Waals surface area (Å²) in [6, 6.07) is 0.475. The molecule has 0 unspecified atom stereocenters. The van der Waals surface area contributed by atoms with Gasteiger partial charge in [-0.15, -0.1) is 0 Å². The van der Waals surface area contributed by atoms with Gasteiger partial charge in [-0.25, -0.2) is 0 Å². The Bertz CT molecular complexity index is 185. The molecule has 9 heavy (non-hydrogen) atoms. The first-order valence-electron chi connectivity index (χ1n) is 3.33. The first-order chi connectivity index (χ1) is 4.34. The van der Waals surface area contributed by atoms with Crippen molar-refractivity contribution in [1.29, 1.82) is 0 Å². The maximum absolute atomic E-state index is 10.9. The van der Waals surface area contributed by atoms with Crippen molar-refractivity contribution in [2.24, 2.45) is 5.92 Å². The number of carbonyl (C=O) groups is 1. The predicted molar refractivity (Wildman–Crippen MR) is 33.8 cm³/mol. The van der Waals surface area contributed by atoms with Gasteiger partial charge in [-0.3, -0.25) is 4.79 Å². The zero-order chi connectivity index (χ0) is 6.43. The van der Waals surface area contributed by atoms with E-state index in [0.29, 0.717) is 11.9 Å². The van der Waals surface area contributed by atoms with Crippen molar-refractivity contribution in [3.8, 4) is 0 Å². The first kappa shape index (κ1) is 5.03. The molecule has 2 nitrogen and oxygen atoms in total. The number of rotatable bonds is 1. The minimum atomic E-state index is 0.268. The second-order valence-corrected chi connectivity index (χ2v) is 2.53. The van der Waals surface area contributed by atoms with Gasteiger partial charge >= 0.3 is 0 Å². The third-order valence-corrected chi connectivity index (χ3v) is 2.15. The molecule has 0 aromatic carbocycles. The molecule has 2 rings (SSSR count). The standard InChI is InChI=1S/C7H9NO/c1-2-8-6-4-3-5(6)7(8)9/h3-6H,2H2,1H3/t5-,6+/m0/s1. The van der Waals surface area contributed by atoms with Crippen molar-refractivity contribution in [2.75, 3.05) is 6.54 Å². The number of amides is 1. The summed E-state index contributed by atoms with van der Waals surface area (Å²) in [4.78, 5) is 12.8. The van der Waals surface area contributed by atoms with Crippen molar-refractivity contribution in [3.05, 3.63) is 12.2 Å². The quantitative estimate of drug-likeness (QED) is 0.365. The summed E-state index contributed by atoms with van der Waals surface area (Å²) in [5.74, 6) is 0.579. The second kappa shape index (κ2) is 1.38. The maximum atomic E-state index is 10.9. The van der Waals surface area contributed by atoms with Gasteiger partial charge in [0.15, 0.2) is 0 Å². The van der Waals surface area contributed by atoms with Crippen LogP contribution >= 0.6 is 0 Å². The van der Waals surface area contributed by atoms with Crippen LogP contribution < -0.4 is 0 Å². The van der Waals surface area contributed by atoms with Crippen molar-refractivity contribution in [2.45, 2.75) is 13.0 Å². The van der Waals surface area contributed by atoms with Crippen LogP contribution in [0.25, 0.3) is 0 Å². The van der Waals surface area contributed by atoms with Gasteiger partial charge in [0.25, 0.3) is 0 Å². The molecular formula is C7H9NO. The lowest BCUT2D eigenvalue weighted by Crippen LogP contribution is -2.62. The monoisotopic (exact) mass is 123 g/mol. The van der Waals surface area contributed by atoms with Gasteiger partial charge in [-0.05, 0) is 6.92 Å². The molecule has 48 valence electrons. The number of hydrogen-bond donors (Lipinski definition) is 0. The lowest BCUT2D eigenvalue weighted by molar-refractivity contribution is -0.151. The molecule has 0 aromatic heterocycles. The van der Waals surface area contributed by atoms with Crippen molar-refractivity contribution in [3.63, 3.8) is 0 Å². The van der Waals surface area contributed by atoms with Gasteiger partial charge in [0.05, 0.1) is 12.0 Å². The zero-order valence-electron chi connectivity index (χ0n) is 5.37. The largest absolute Gasteiger partial charge is 0.335 e. The Hall–Kier alpha value is -0.790. The Morgan fingerprint density at radius 2 is 2.44 bits per heavy atom. The zero-order valence-corrected chi connectivity index (χ0v) is 5.37. The number of carbonyl (C=O) groups excluding carboxylic acids is 1. The molecule has 0 radical (unpaired) electrons. The van der Waals surface area contributed by atoms with Gasteiger partial charge in [0.1, 0.15) is 0 Å². The molecule has 2 atom stereocenters. The predicted octanol–water partition coefficient (Wildman–Crippen LogP) is 0.403. The van der Waals surface area contributed by atoms with Crippen molar-refractivity contribution < 1.29 is 4.79 Å². The Balaban J connectivity index is 2.15. The van der Waals surface area contributed by atoms with Gasteiger partial charge < -0.3 is 4.90 Å². The van der Waals surface area contributed by atoms with Crippen LogP contribution in [-0.2, 0) is 4.79 Å². The number of fused-ring (bicyclic) bond motifs is 1. The summed E-state index contributed by atoms with van der Waals surface area (Å²) in [6.07, 6.45) is 4.08. The highest BCUT2D eigenvalue weighted by atomic mass is 16.2. The van der Waals surface area contributed by atoms with Gasteiger partial charge in [0.2, 0.25) is 5.91 Å². The first-order valence-corrected chi connectivity index (χ1v) is 3.33. The lowest BCUT2D eigenvalue weighted by Gasteiger charge is -2.49. The molecule has 1 heterocycles. The van der Waals surface area contributed by atoms with E-state index in [-0.39, 0.29) is 5.92 Å². The fourth-order valence-electron chi connectivity index (χ4n) is 1.47. The van der Waals surface area contributed by atoms with Crippen LogP contribution in [0, 0.1) is 5.92 Å². The molecule has 1 saturated heterocycles. The van der Waals surface area contributed by atoms with E-state index < -0.39 is 0 Å². The second-order valence-electron chi connectivity index (χ2n) is 2.53. The molecule has 0 aromatic rings. The number of hydrogen-bond acceptors (Lipinski definition) is 1. The topological polar surface area (TPSA) is 20.3 Å². The summed E-state index contributed by atoms with van der Waals surface area (Å²) in [5.41, 5.74) is 0. The van der Waals surface area contributed by atoms with Crippen molar-refractivity contribution >= 4 is 5.91 Å². The van der Waals surface area contributed by atoms with E-state index in [4.69, 9.17) is 0 Å². The number of likely N-dealkylation sites (N-methyl/N-ethyl adjacent to an activating group) is 1. The molecule has 1 aliphatic carbocycles. The average Bonchev–Trinajstić information content (AvgIpc) is 1.79. The summed E-state index contributed by atoms with van der Waals surface area (Å²) >= 11 is 0. The Kier molecular flexibility index (Phi) is 0.770. The average molecular weight is 123 g/mol. The Morgan fingerprint density at radius 3 is 2.67 bits per heavy atom. The molecule has 0 N–H and O–H groups in total. The van der Waals surface area contributed by atoms with E-state index in [0.717, 1.165) is 6.54 Å². The van der Waals surface area contributed by atoms with E-state index >= 15 is 0 Å². The van der Waals surface area contributed by atoms with Crippen LogP contribution in [-0.4, -0.2) is 23.4 Å². The normalized spacial score (nSPS) is 37.4. The number of β-lactam (4-membered cyclic amide) rings is 1. The van der Waals surface area contributed by atoms with Crippen molar-refractivity contribution in [1.82, 2.24) is 4.90 Å². The fraction of sp³-hybridized carbons (Fsp3) is 0.571. The minimum Gasteiger partial charge on any atom is -0.335 e. The van der Waals surface area contributed by atoms with E-state index in [1.165, 1.54) is 0 Å². The molecule has 1 amide bonds. The fourth-order valence-corrected chi connectivity index (χ4v) is 1.47. The highest BCUT2D eigenvalue weighted by molar-refractivity contribution is 5.90. The van der Waals surface area contributed by atoms with E-state index in [2.05, 4.69) is 6.08 Å². The third-order valence-electron chi connectivity index (χ3n) is 2.15. The van der Waals surface area contributed by atoms with E-state index in [9.17, 15) is 4.79 Å². The lowest BCUT2D eigenvalue weighted by atomic mass is 9.78. The number of nitrogens with zero attached hydrogens (tertiary/aromatic N) is 1. The van der Waals surface area contributed by atoms with Gasteiger partial charge in [0, 0.05) is 6.54 Å². The molecule has 0 bridgehead atoms. The van der Waals surface area contributed by atoms with Crippen LogP contribution in [0.5, 0.6) is 0 Å². The highest BCUT2D eigenvalue weighted by Crippen LogP contribution is 2.35. The molecule has 2 aliphatic rings. The summed E-state index contributed by atoms with van der Waals surface area (Å²) < 4.78 is 0. The summed E-state index contributed by atoms with van der Waals surface area (Å²) in [6.45, 7) is 2.88. The smallest absolute Gasteiger partial charge is 0.232 e. The molecule has 0 spiro atoms. The van der Waals surface area contributed by atoms with E-state index in [1.54, 1.807) is 0 Å². The molecule has 2 heteroatoms. The van der Waals surface area contributed by atoms with Crippen LogP contribution in [0.1, 0.15) is 6.92 Å². The van der Waals surface area contributed by atoms with Crippen LogP contribution in [0.2, 0.25) is 0 Å². The summed E-state index contributed by atoms with van der Waals surface area (Å²) in [5, 5.41) is 0. The molecular weight excluding hydrogens is 114 g/mol. The highest BCUT2D eigenvalue weighted by Gasteiger charge is 2.47. The van der Waals surface area contributed by atoms with E-state index in [1.807, 2.05) is 17.9 Å². The van der Waals surface area contributed by atoms with Gasteiger partial charge in [-0.2, -0.15) is 0 Å². The number of likely N-dealkylation sites (tertiary alicyclic amines) is 1. The Morgan fingerprint density at radius 1 is 1.67 bits per heavy atom. The van der Waals surface area contributed by atoms with Crippen LogP contribution in [0.15, 0.2) is 12.2 Å². The van der Waals surface area contributed by atoms with Gasteiger partial charge in [-0.1, -0.05) is 12.2 Å². The molecule has 0 saturated carbocycles. The Labute approximate surface area is 54.1 Å². The third kappa shape index (κ3) is 0.397. The maximum Gasteiger partial charge on any atom is 0.232 e. The minimum absolute atomic E-state index is 0.268. The van der Waals surface area contributed by atoms with Crippen LogP contribution in [0.3, 0.4) is 0 Å². The molecule has 1 fully saturated rings. The van der Waals surface area contributed by atoms with Crippen LogP contribution in [0.4, 0.5) is 0 Å². The summed E-state index contributed by atoms with van der Waals surface area (Å²) in [7, 11) is 0. The SMILES string of the molecule is CCN1C(=O)[C@H]2C=C[C@H]21. The molecule has 1 aliphatic heterocycles.